The summed E-state index contributed by atoms with van der Waals surface area (Å²) < 4.78 is 0. The monoisotopic (exact) mass is 877 g/mol. The lowest BCUT2D eigenvalue weighted by molar-refractivity contribution is 0.660. The van der Waals surface area contributed by atoms with E-state index in [1.807, 2.05) is 0 Å². The first-order chi connectivity index (χ1) is 34.0. The Morgan fingerprint density at radius 2 is 0.623 bits per heavy atom. The molecule has 0 aliphatic heterocycles. The zero-order chi connectivity index (χ0) is 45.8. The molecular formula is C68H47N. The SMILES string of the molecule is CC1(C)c2ccccc2-c2ccc(N(c3ccc(-c4ccc(-c5ccccc5)cc4)cc3)c3ccc4c(c3)C3(c5ccccc5-c5ccccc5-4)c4ccccc4-c4cc5ccccc5cc43)cc21. The summed E-state index contributed by atoms with van der Waals surface area (Å²) in [5.41, 5.74) is 25.6. The molecule has 324 valence electrons. The highest BCUT2D eigenvalue weighted by Crippen LogP contribution is 2.63. The van der Waals surface area contributed by atoms with Gasteiger partial charge in [0.05, 0.1) is 5.41 Å². The first-order valence-corrected chi connectivity index (χ1v) is 24.2. The van der Waals surface area contributed by atoms with E-state index in [1.165, 1.54) is 111 Å². The van der Waals surface area contributed by atoms with Crippen molar-refractivity contribution >= 4 is 27.8 Å². The van der Waals surface area contributed by atoms with Crippen LogP contribution in [0.15, 0.2) is 249 Å². The van der Waals surface area contributed by atoms with Crippen LogP contribution < -0.4 is 4.90 Å². The lowest BCUT2D eigenvalue weighted by Gasteiger charge is -2.36. The van der Waals surface area contributed by atoms with Gasteiger partial charge in [0, 0.05) is 22.5 Å². The van der Waals surface area contributed by atoms with E-state index in [2.05, 4.69) is 267 Å². The van der Waals surface area contributed by atoms with E-state index in [0.717, 1.165) is 17.1 Å². The minimum absolute atomic E-state index is 0.158. The molecule has 0 saturated carbocycles. The van der Waals surface area contributed by atoms with Crippen LogP contribution in [0.3, 0.4) is 0 Å². The molecule has 0 heterocycles. The molecule has 11 aromatic carbocycles. The van der Waals surface area contributed by atoms with Crippen molar-refractivity contribution in [1.29, 1.82) is 0 Å². The summed E-state index contributed by atoms with van der Waals surface area (Å²) in [4.78, 5) is 2.50. The molecule has 0 fully saturated rings. The maximum absolute atomic E-state index is 2.54. The number of fused-ring (bicyclic) bond motifs is 16. The second-order valence-corrected chi connectivity index (χ2v) is 19.6. The Morgan fingerprint density at radius 3 is 1.22 bits per heavy atom. The number of benzene rings is 11. The summed E-state index contributed by atoms with van der Waals surface area (Å²) in [6.07, 6.45) is 0. The van der Waals surface area contributed by atoms with E-state index in [9.17, 15) is 0 Å². The highest BCUT2D eigenvalue weighted by atomic mass is 15.1. The normalized spacial score (nSPS) is 15.3. The van der Waals surface area contributed by atoms with E-state index < -0.39 is 5.41 Å². The zero-order valence-corrected chi connectivity index (χ0v) is 38.6. The van der Waals surface area contributed by atoms with E-state index in [-0.39, 0.29) is 5.41 Å². The van der Waals surface area contributed by atoms with Crippen LogP contribution in [0.25, 0.3) is 77.5 Å². The maximum atomic E-state index is 2.54. The van der Waals surface area contributed by atoms with Crippen LogP contribution in [-0.2, 0) is 10.8 Å². The molecule has 1 nitrogen and oxygen atoms in total. The van der Waals surface area contributed by atoms with Crippen LogP contribution in [0.4, 0.5) is 17.1 Å². The van der Waals surface area contributed by atoms with Gasteiger partial charge in [0.2, 0.25) is 0 Å². The molecule has 0 saturated heterocycles. The van der Waals surface area contributed by atoms with Crippen molar-refractivity contribution in [3.63, 3.8) is 0 Å². The van der Waals surface area contributed by atoms with Crippen molar-refractivity contribution in [3.05, 3.63) is 282 Å². The maximum Gasteiger partial charge on any atom is 0.0726 e. The Balaban J connectivity index is 1.02. The third kappa shape index (κ3) is 5.77. The van der Waals surface area contributed by atoms with Crippen molar-refractivity contribution in [2.24, 2.45) is 0 Å². The second kappa shape index (κ2) is 15.0. The molecule has 3 aliphatic carbocycles. The zero-order valence-electron chi connectivity index (χ0n) is 38.6. The Kier molecular flexibility index (Phi) is 8.61. The van der Waals surface area contributed by atoms with Crippen molar-refractivity contribution in [2.75, 3.05) is 4.90 Å². The Hall–Kier alpha value is -8.52. The minimum Gasteiger partial charge on any atom is -0.310 e. The Morgan fingerprint density at radius 1 is 0.246 bits per heavy atom. The molecular weight excluding hydrogens is 831 g/mol. The number of anilines is 3. The lowest BCUT2D eigenvalue weighted by atomic mass is 9.65. The van der Waals surface area contributed by atoms with E-state index in [4.69, 9.17) is 0 Å². The predicted octanol–water partition coefficient (Wildman–Crippen LogP) is 18.0. The van der Waals surface area contributed by atoms with Crippen molar-refractivity contribution < 1.29 is 0 Å². The molecule has 0 amide bonds. The lowest BCUT2D eigenvalue weighted by Crippen LogP contribution is -2.29. The molecule has 0 radical (unpaired) electrons. The molecule has 69 heavy (non-hydrogen) atoms. The van der Waals surface area contributed by atoms with Gasteiger partial charge in [-0.2, -0.15) is 0 Å². The van der Waals surface area contributed by atoms with Gasteiger partial charge >= 0.3 is 0 Å². The van der Waals surface area contributed by atoms with Gasteiger partial charge in [0.15, 0.2) is 0 Å². The van der Waals surface area contributed by atoms with Gasteiger partial charge in [-0.15, -0.1) is 0 Å². The molecule has 0 bridgehead atoms. The third-order valence-corrected chi connectivity index (χ3v) is 15.7. The summed E-state index contributed by atoms with van der Waals surface area (Å²) in [6.45, 7) is 4.76. The molecule has 14 rings (SSSR count). The van der Waals surface area contributed by atoms with Gasteiger partial charge in [0.25, 0.3) is 0 Å². The second-order valence-electron chi connectivity index (χ2n) is 19.6. The Labute approximate surface area is 404 Å². The van der Waals surface area contributed by atoms with Crippen LogP contribution in [0.1, 0.15) is 47.2 Å². The highest BCUT2D eigenvalue weighted by Gasteiger charge is 2.50. The van der Waals surface area contributed by atoms with Crippen molar-refractivity contribution in [3.8, 4) is 66.8 Å². The molecule has 0 N–H and O–H groups in total. The molecule has 0 aromatic heterocycles. The molecule has 11 aromatic rings. The predicted molar refractivity (Wildman–Crippen MR) is 289 cm³/mol. The largest absolute Gasteiger partial charge is 0.310 e. The Bertz CT molecular complexity index is 3860. The average molecular weight is 878 g/mol. The molecule has 1 spiro atoms. The summed E-state index contributed by atoms with van der Waals surface area (Å²) >= 11 is 0. The van der Waals surface area contributed by atoms with Crippen LogP contribution in [-0.4, -0.2) is 0 Å². The van der Waals surface area contributed by atoms with E-state index in [0.29, 0.717) is 0 Å². The summed E-state index contributed by atoms with van der Waals surface area (Å²) in [5.74, 6) is 0. The van der Waals surface area contributed by atoms with Gasteiger partial charge in [-0.25, -0.2) is 0 Å². The summed E-state index contributed by atoms with van der Waals surface area (Å²) in [7, 11) is 0. The fraction of sp³-hybridized carbons (Fsp3) is 0.0588. The fourth-order valence-corrected chi connectivity index (χ4v) is 12.5. The first-order valence-electron chi connectivity index (χ1n) is 24.2. The minimum atomic E-state index is -0.625. The number of hydrogen-bond donors (Lipinski definition) is 0. The highest BCUT2D eigenvalue weighted by molar-refractivity contribution is 6.01. The number of nitrogens with zero attached hydrogens (tertiary/aromatic N) is 1. The standard InChI is InChI=1S/C68H47N/c1-67(2)61-25-13-10-23-56(61)59-39-37-51(42-64(59)67)69(50-34-32-47(33-35-50)46-30-28-45(29-31-46)44-16-4-3-5-17-44)52-36-38-58-54-21-9-8-20-53(54)55-22-11-14-26-62(55)68(66(58)43-52)63-27-15-12-24-57(63)60-40-48-18-6-7-19-49(48)41-65(60)68/h3-43H,1-2H3. The van der Waals surface area contributed by atoms with Gasteiger partial charge in [-0.3, -0.25) is 0 Å². The third-order valence-electron chi connectivity index (χ3n) is 15.7. The van der Waals surface area contributed by atoms with Gasteiger partial charge < -0.3 is 4.90 Å². The van der Waals surface area contributed by atoms with Gasteiger partial charge in [0.1, 0.15) is 0 Å². The quantitative estimate of drug-likeness (QED) is 0.166. The van der Waals surface area contributed by atoms with Crippen LogP contribution in [0, 0.1) is 0 Å². The van der Waals surface area contributed by atoms with Gasteiger partial charge in [-0.05, 0) is 159 Å². The van der Waals surface area contributed by atoms with Crippen LogP contribution in [0.2, 0.25) is 0 Å². The number of rotatable bonds is 5. The van der Waals surface area contributed by atoms with Crippen LogP contribution >= 0.6 is 0 Å². The van der Waals surface area contributed by atoms with Crippen LogP contribution in [0.5, 0.6) is 0 Å². The smallest absolute Gasteiger partial charge is 0.0726 e. The molecule has 1 atom stereocenters. The van der Waals surface area contributed by atoms with Gasteiger partial charge in [-0.1, -0.05) is 214 Å². The molecule has 3 aliphatic rings. The fourth-order valence-electron chi connectivity index (χ4n) is 12.5. The first kappa shape index (κ1) is 39.6. The van der Waals surface area contributed by atoms with Crippen molar-refractivity contribution in [2.45, 2.75) is 24.7 Å². The summed E-state index contributed by atoms with van der Waals surface area (Å²) in [6, 6.07) is 93.5. The number of hydrogen-bond acceptors (Lipinski definition) is 1. The van der Waals surface area contributed by atoms with Crippen molar-refractivity contribution in [1.82, 2.24) is 0 Å². The van der Waals surface area contributed by atoms with E-state index >= 15 is 0 Å². The molecule has 1 heteroatoms. The average Bonchev–Trinajstić information content (AvgIpc) is 3.78. The van der Waals surface area contributed by atoms with E-state index in [1.54, 1.807) is 0 Å². The topological polar surface area (TPSA) is 3.24 Å². The summed E-state index contributed by atoms with van der Waals surface area (Å²) in [5, 5.41) is 2.50. The molecule has 1 unspecified atom stereocenters.